The predicted octanol–water partition coefficient (Wildman–Crippen LogP) is 1.69. The molecule has 3 rings (SSSR count). The summed E-state index contributed by atoms with van der Waals surface area (Å²) in [5, 5.41) is 3.37. The Kier molecular flexibility index (Phi) is 4.43. The van der Waals surface area contributed by atoms with E-state index in [1.165, 1.54) is 14.2 Å². The van der Waals surface area contributed by atoms with Crippen molar-refractivity contribution in [3.8, 4) is 0 Å². The molecule has 1 N–H and O–H groups in total. The van der Waals surface area contributed by atoms with E-state index in [4.69, 9.17) is 4.74 Å². The highest BCUT2D eigenvalue weighted by Gasteiger charge is 2.68. The van der Waals surface area contributed by atoms with Crippen LogP contribution in [0.5, 0.6) is 0 Å². The first-order valence-electron chi connectivity index (χ1n) is 8.86. The molecule has 140 valence electrons. The molecule has 0 aliphatic carbocycles. The Morgan fingerprint density at radius 3 is 2.35 bits per heavy atom. The first kappa shape index (κ1) is 18.6. The summed E-state index contributed by atoms with van der Waals surface area (Å²) in [5.74, 6) is -2.48. The summed E-state index contributed by atoms with van der Waals surface area (Å²) in [5.41, 5.74) is -0.779. The van der Waals surface area contributed by atoms with Crippen LogP contribution in [0.1, 0.15) is 32.8 Å². The Morgan fingerprint density at radius 2 is 1.81 bits per heavy atom. The number of hydrogen-bond donors (Lipinski definition) is 1. The van der Waals surface area contributed by atoms with E-state index >= 15 is 0 Å². The number of fused-ring (bicyclic) bond motifs is 1. The second-order valence-corrected chi connectivity index (χ2v) is 8.42. The molecular formula is C20H26N2O4. The summed E-state index contributed by atoms with van der Waals surface area (Å²) in [7, 11) is 2.80. The maximum atomic E-state index is 13.0. The number of imide groups is 1. The van der Waals surface area contributed by atoms with Gasteiger partial charge in [0.25, 0.3) is 0 Å². The fourth-order valence-corrected chi connectivity index (χ4v) is 4.43. The fourth-order valence-electron chi connectivity index (χ4n) is 4.43. The van der Waals surface area contributed by atoms with Crippen molar-refractivity contribution in [1.82, 2.24) is 10.2 Å². The number of carbonyl (C=O) groups excluding carboxylic acids is 3. The third kappa shape index (κ3) is 2.63. The summed E-state index contributed by atoms with van der Waals surface area (Å²) in [4.78, 5) is 40.0. The van der Waals surface area contributed by atoms with Crippen LogP contribution < -0.4 is 5.32 Å². The highest BCUT2D eigenvalue weighted by atomic mass is 16.5. The van der Waals surface area contributed by atoms with Crippen molar-refractivity contribution in [3.05, 3.63) is 35.9 Å². The lowest BCUT2D eigenvalue weighted by Gasteiger charge is -2.33. The normalized spacial score (nSPS) is 31.3. The van der Waals surface area contributed by atoms with E-state index in [2.05, 4.69) is 26.1 Å². The molecule has 1 aromatic rings. The van der Waals surface area contributed by atoms with Gasteiger partial charge in [0.2, 0.25) is 11.8 Å². The summed E-state index contributed by atoms with van der Waals surface area (Å²) in [6.45, 7) is 6.24. The number of carbonyl (C=O) groups is 3. The summed E-state index contributed by atoms with van der Waals surface area (Å²) in [6, 6.07) is 8.80. The molecule has 0 radical (unpaired) electrons. The van der Waals surface area contributed by atoms with E-state index in [9.17, 15) is 14.4 Å². The lowest BCUT2D eigenvalue weighted by atomic mass is 9.74. The average Bonchev–Trinajstić information content (AvgIpc) is 3.04. The van der Waals surface area contributed by atoms with Crippen molar-refractivity contribution in [2.45, 2.75) is 38.8 Å². The van der Waals surface area contributed by atoms with Gasteiger partial charge in [0, 0.05) is 13.1 Å². The molecule has 0 saturated carbocycles. The molecule has 4 atom stereocenters. The molecule has 2 aliphatic heterocycles. The number of benzene rings is 1. The van der Waals surface area contributed by atoms with Gasteiger partial charge in [-0.2, -0.15) is 0 Å². The monoisotopic (exact) mass is 358 g/mol. The third-order valence-corrected chi connectivity index (χ3v) is 5.45. The number of hydrogen-bond acceptors (Lipinski definition) is 5. The first-order chi connectivity index (χ1) is 12.1. The molecule has 0 spiro atoms. The number of rotatable bonds is 3. The van der Waals surface area contributed by atoms with Gasteiger partial charge in [0.15, 0.2) is 5.54 Å². The molecule has 2 amide bonds. The lowest BCUT2D eigenvalue weighted by molar-refractivity contribution is -0.154. The van der Waals surface area contributed by atoms with Gasteiger partial charge in [-0.1, -0.05) is 51.1 Å². The minimum absolute atomic E-state index is 0.0738. The largest absolute Gasteiger partial charge is 0.467 e. The smallest absolute Gasteiger partial charge is 0.331 e. The Balaban J connectivity index is 2.19. The molecule has 2 saturated heterocycles. The van der Waals surface area contributed by atoms with Crippen LogP contribution in [-0.2, 0) is 24.7 Å². The minimum atomic E-state index is -1.35. The van der Waals surface area contributed by atoms with Crippen LogP contribution in [0.2, 0.25) is 0 Å². The number of esters is 1. The molecule has 2 aliphatic rings. The van der Waals surface area contributed by atoms with Crippen LogP contribution >= 0.6 is 0 Å². The number of nitrogens with zero attached hydrogens (tertiary/aromatic N) is 1. The topological polar surface area (TPSA) is 75.7 Å². The zero-order chi connectivity index (χ0) is 19.3. The van der Waals surface area contributed by atoms with Gasteiger partial charge >= 0.3 is 5.97 Å². The molecule has 26 heavy (non-hydrogen) atoms. The minimum Gasteiger partial charge on any atom is -0.467 e. The fraction of sp³-hybridized carbons (Fsp3) is 0.550. The summed E-state index contributed by atoms with van der Waals surface area (Å²) in [6.07, 6.45) is 0.659. The molecular weight excluding hydrogens is 332 g/mol. The van der Waals surface area contributed by atoms with E-state index in [0.717, 1.165) is 4.90 Å². The van der Waals surface area contributed by atoms with Gasteiger partial charge in [-0.3, -0.25) is 19.8 Å². The Labute approximate surface area is 153 Å². The lowest BCUT2D eigenvalue weighted by Crippen LogP contribution is -2.54. The molecule has 0 aromatic heterocycles. The number of amides is 2. The molecule has 2 fully saturated rings. The maximum Gasteiger partial charge on any atom is 0.331 e. The Hall–Kier alpha value is -2.21. The second kappa shape index (κ2) is 6.20. The van der Waals surface area contributed by atoms with Crippen molar-refractivity contribution >= 4 is 17.8 Å². The van der Waals surface area contributed by atoms with E-state index in [1.54, 1.807) is 12.1 Å². The van der Waals surface area contributed by atoms with Crippen LogP contribution in [0.4, 0.5) is 0 Å². The molecule has 0 bridgehead atoms. The van der Waals surface area contributed by atoms with E-state index in [-0.39, 0.29) is 23.3 Å². The summed E-state index contributed by atoms with van der Waals surface area (Å²) >= 11 is 0. The van der Waals surface area contributed by atoms with E-state index in [0.29, 0.717) is 12.0 Å². The SMILES string of the molecule is COC(=O)[C@@]1(c2ccccc2)N[C@@H](CC(C)(C)C)[C@H]2C(=O)N(C)C(=O)[C@H]21. The van der Waals surface area contributed by atoms with Crippen molar-refractivity contribution in [1.29, 1.82) is 0 Å². The standard InChI is InChI=1S/C20H26N2O4/c1-19(2,3)11-13-14-15(17(24)22(4)16(14)23)20(21-13,18(25)26-5)12-9-7-6-8-10-12/h6-10,13-15,21H,11H2,1-5H3/t13-,14+,15-,20-/m0/s1. The average molecular weight is 358 g/mol. The van der Waals surface area contributed by atoms with E-state index < -0.39 is 23.3 Å². The van der Waals surface area contributed by atoms with Crippen LogP contribution in [0.15, 0.2) is 30.3 Å². The van der Waals surface area contributed by atoms with Crippen LogP contribution in [0.3, 0.4) is 0 Å². The molecule has 6 nitrogen and oxygen atoms in total. The number of likely N-dealkylation sites (tertiary alicyclic amines) is 1. The summed E-state index contributed by atoms with van der Waals surface area (Å²) < 4.78 is 5.11. The molecule has 1 aromatic carbocycles. The highest BCUT2D eigenvalue weighted by Crippen LogP contribution is 2.50. The Bertz CT molecular complexity index is 740. The zero-order valence-electron chi connectivity index (χ0n) is 15.9. The number of methoxy groups -OCH3 is 1. The van der Waals surface area contributed by atoms with Crippen molar-refractivity contribution < 1.29 is 19.1 Å². The van der Waals surface area contributed by atoms with Gasteiger partial charge in [0.1, 0.15) is 0 Å². The van der Waals surface area contributed by atoms with Crippen molar-refractivity contribution in [2.75, 3.05) is 14.2 Å². The number of ether oxygens (including phenoxy) is 1. The van der Waals surface area contributed by atoms with Gasteiger partial charge in [-0.05, 0) is 17.4 Å². The molecule has 2 heterocycles. The molecule has 0 unspecified atom stereocenters. The van der Waals surface area contributed by atoms with Crippen LogP contribution in [0, 0.1) is 17.3 Å². The van der Waals surface area contributed by atoms with Gasteiger partial charge in [-0.15, -0.1) is 0 Å². The third-order valence-electron chi connectivity index (χ3n) is 5.45. The maximum absolute atomic E-state index is 13.0. The van der Waals surface area contributed by atoms with E-state index in [1.807, 2.05) is 18.2 Å². The zero-order valence-corrected chi connectivity index (χ0v) is 15.9. The quantitative estimate of drug-likeness (QED) is 0.657. The van der Waals surface area contributed by atoms with Crippen molar-refractivity contribution in [3.63, 3.8) is 0 Å². The van der Waals surface area contributed by atoms with Gasteiger partial charge in [-0.25, -0.2) is 4.79 Å². The Morgan fingerprint density at radius 1 is 1.19 bits per heavy atom. The number of nitrogens with one attached hydrogen (secondary N) is 1. The second-order valence-electron chi connectivity index (χ2n) is 8.42. The van der Waals surface area contributed by atoms with Crippen LogP contribution in [-0.4, -0.2) is 42.9 Å². The van der Waals surface area contributed by atoms with Crippen molar-refractivity contribution in [2.24, 2.45) is 17.3 Å². The predicted molar refractivity (Wildman–Crippen MR) is 95.9 cm³/mol. The molecule has 6 heteroatoms. The first-order valence-corrected chi connectivity index (χ1v) is 8.86. The van der Waals surface area contributed by atoms with Crippen LogP contribution in [0.25, 0.3) is 0 Å². The van der Waals surface area contributed by atoms with Gasteiger partial charge in [0.05, 0.1) is 18.9 Å². The van der Waals surface area contributed by atoms with Gasteiger partial charge < -0.3 is 4.74 Å². The highest BCUT2D eigenvalue weighted by molar-refractivity contribution is 6.09.